The van der Waals surface area contributed by atoms with Gasteiger partial charge in [-0.05, 0) is 48.3 Å². The summed E-state index contributed by atoms with van der Waals surface area (Å²) in [6, 6.07) is 6.43. The highest BCUT2D eigenvalue weighted by molar-refractivity contribution is 5.91. The number of nitrogens with zero attached hydrogens (tertiary/aromatic N) is 1. The van der Waals surface area contributed by atoms with Crippen LogP contribution >= 0.6 is 0 Å². The molecule has 5 rings (SSSR count). The molecule has 2 fully saturated rings. The number of rotatable bonds is 4. The molecule has 6 nitrogen and oxygen atoms in total. The van der Waals surface area contributed by atoms with Gasteiger partial charge in [0.1, 0.15) is 5.75 Å². The van der Waals surface area contributed by atoms with Crippen LogP contribution in [0.1, 0.15) is 37.1 Å². The number of ether oxygens (including phenoxy) is 3. The molecule has 0 amide bonds. The lowest BCUT2D eigenvalue weighted by Gasteiger charge is -2.47. The predicted octanol–water partition coefficient (Wildman–Crippen LogP) is 3.83. The lowest BCUT2D eigenvalue weighted by atomic mass is 9.71. The second-order valence-corrected chi connectivity index (χ2v) is 9.06. The van der Waals surface area contributed by atoms with Gasteiger partial charge < -0.3 is 19.2 Å². The number of piperidine rings is 1. The normalized spacial score (nSPS) is 30.7. The molecule has 1 saturated carbocycles. The standard InChI is InChI=1S/C24H30N2O4/c1-14-11-24(14)13-26-9-8-15-21-18(6-5-7-20(21)29-3)25-22(15)19(26)10-17(24)16(12-28-2)23(27)30-4/h5-7,12,14,17,19,25H,8-11,13H2,1-4H3/b16-12+/t14?,17-,19+,24?/m1/s1. The molecule has 0 bridgehead atoms. The maximum Gasteiger partial charge on any atom is 0.337 e. The van der Waals surface area contributed by atoms with E-state index in [1.165, 1.54) is 23.8 Å². The maximum absolute atomic E-state index is 12.6. The summed E-state index contributed by atoms with van der Waals surface area (Å²) < 4.78 is 16.1. The minimum atomic E-state index is -0.275. The summed E-state index contributed by atoms with van der Waals surface area (Å²) in [4.78, 5) is 19.0. The highest BCUT2D eigenvalue weighted by Gasteiger charge is 2.62. The van der Waals surface area contributed by atoms with E-state index in [0.717, 1.165) is 43.6 Å². The zero-order valence-corrected chi connectivity index (χ0v) is 18.2. The van der Waals surface area contributed by atoms with Crippen molar-refractivity contribution in [3.05, 3.63) is 41.3 Å². The zero-order valence-electron chi connectivity index (χ0n) is 18.2. The lowest BCUT2D eigenvalue weighted by Crippen LogP contribution is -2.48. The Balaban J connectivity index is 1.58. The second kappa shape index (κ2) is 7.05. The smallest absolute Gasteiger partial charge is 0.337 e. The Morgan fingerprint density at radius 2 is 2.10 bits per heavy atom. The summed E-state index contributed by atoms with van der Waals surface area (Å²) in [7, 11) is 4.78. The van der Waals surface area contributed by atoms with Crippen LogP contribution in [-0.2, 0) is 20.7 Å². The predicted molar refractivity (Wildman–Crippen MR) is 114 cm³/mol. The van der Waals surface area contributed by atoms with Gasteiger partial charge in [0.25, 0.3) is 0 Å². The molecule has 1 aromatic heterocycles. The van der Waals surface area contributed by atoms with E-state index in [-0.39, 0.29) is 23.3 Å². The number of carbonyl (C=O) groups excluding carboxylic acids is 1. The van der Waals surface area contributed by atoms with Crippen molar-refractivity contribution in [2.45, 2.75) is 32.2 Å². The van der Waals surface area contributed by atoms with Crippen molar-refractivity contribution in [2.24, 2.45) is 17.3 Å². The molecule has 6 heteroatoms. The first-order valence-electron chi connectivity index (χ1n) is 10.8. The Hall–Kier alpha value is -2.47. The van der Waals surface area contributed by atoms with Crippen molar-refractivity contribution in [1.82, 2.24) is 9.88 Å². The fraction of sp³-hybridized carbons (Fsp3) is 0.542. The topological polar surface area (TPSA) is 63.8 Å². The van der Waals surface area contributed by atoms with Gasteiger partial charge in [0.15, 0.2) is 0 Å². The molecule has 1 N–H and O–H groups in total. The van der Waals surface area contributed by atoms with Crippen LogP contribution in [-0.4, -0.2) is 50.3 Å². The van der Waals surface area contributed by atoms with Crippen LogP contribution in [0.15, 0.2) is 30.0 Å². The molecule has 30 heavy (non-hydrogen) atoms. The van der Waals surface area contributed by atoms with E-state index < -0.39 is 0 Å². The summed E-state index contributed by atoms with van der Waals surface area (Å²) in [6.45, 7) is 4.34. The minimum absolute atomic E-state index is 0.125. The van der Waals surface area contributed by atoms with Crippen molar-refractivity contribution in [1.29, 1.82) is 0 Å². The number of carbonyl (C=O) groups is 1. The van der Waals surface area contributed by atoms with E-state index in [1.807, 2.05) is 12.1 Å². The molecule has 2 aliphatic heterocycles. The van der Waals surface area contributed by atoms with Gasteiger partial charge >= 0.3 is 5.97 Å². The molecule has 2 aromatic rings. The van der Waals surface area contributed by atoms with Crippen LogP contribution in [0.5, 0.6) is 5.75 Å². The third-order valence-electron chi connectivity index (χ3n) is 7.76. The highest BCUT2D eigenvalue weighted by atomic mass is 16.5. The summed E-state index contributed by atoms with van der Waals surface area (Å²) in [6.07, 6.45) is 4.65. The number of H-pyrrole nitrogens is 1. The van der Waals surface area contributed by atoms with Crippen LogP contribution in [0.2, 0.25) is 0 Å². The molecule has 3 heterocycles. The molecule has 0 radical (unpaired) electrons. The summed E-state index contributed by atoms with van der Waals surface area (Å²) in [5.74, 6) is 1.37. The molecule has 160 valence electrons. The fourth-order valence-electron chi connectivity index (χ4n) is 6.18. The second-order valence-electron chi connectivity index (χ2n) is 9.06. The van der Waals surface area contributed by atoms with E-state index in [4.69, 9.17) is 14.2 Å². The van der Waals surface area contributed by atoms with Crippen LogP contribution in [0.4, 0.5) is 0 Å². The molecule has 1 aliphatic carbocycles. The number of esters is 1. The number of nitrogens with one attached hydrogen (secondary N) is 1. The molecule has 1 spiro atoms. The zero-order chi connectivity index (χ0) is 21.0. The Kier molecular flexibility index (Phi) is 4.58. The number of hydrogen-bond acceptors (Lipinski definition) is 5. The Morgan fingerprint density at radius 1 is 1.30 bits per heavy atom. The Morgan fingerprint density at radius 3 is 2.77 bits per heavy atom. The number of methoxy groups -OCH3 is 3. The first-order chi connectivity index (χ1) is 14.5. The quantitative estimate of drug-likeness (QED) is 0.472. The third kappa shape index (κ3) is 2.69. The number of fused-ring (bicyclic) bond motifs is 5. The molecular weight excluding hydrogens is 380 g/mol. The monoisotopic (exact) mass is 410 g/mol. The first-order valence-corrected chi connectivity index (χ1v) is 10.8. The van der Waals surface area contributed by atoms with E-state index in [0.29, 0.717) is 11.5 Å². The van der Waals surface area contributed by atoms with Gasteiger partial charge in [0.05, 0.1) is 39.2 Å². The van der Waals surface area contributed by atoms with Gasteiger partial charge in [-0.2, -0.15) is 0 Å². The minimum Gasteiger partial charge on any atom is -0.504 e. The maximum atomic E-state index is 12.6. The van der Waals surface area contributed by atoms with Gasteiger partial charge in [0, 0.05) is 35.6 Å². The fourth-order valence-corrected chi connectivity index (χ4v) is 6.18. The van der Waals surface area contributed by atoms with Crippen molar-refractivity contribution in [3.63, 3.8) is 0 Å². The molecule has 1 aromatic carbocycles. The van der Waals surface area contributed by atoms with Crippen LogP contribution in [0.3, 0.4) is 0 Å². The van der Waals surface area contributed by atoms with Crippen molar-refractivity contribution in [3.8, 4) is 5.75 Å². The Labute approximate surface area is 177 Å². The van der Waals surface area contributed by atoms with E-state index in [1.54, 1.807) is 20.5 Å². The number of hydrogen-bond donors (Lipinski definition) is 1. The third-order valence-corrected chi connectivity index (χ3v) is 7.76. The van der Waals surface area contributed by atoms with Crippen molar-refractivity contribution < 1.29 is 19.0 Å². The van der Waals surface area contributed by atoms with E-state index >= 15 is 0 Å². The van der Waals surface area contributed by atoms with Gasteiger partial charge in [-0.3, -0.25) is 4.90 Å². The van der Waals surface area contributed by atoms with Crippen LogP contribution in [0, 0.1) is 17.3 Å². The number of aromatic nitrogens is 1. The highest BCUT2D eigenvalue weighted by Crippen LogP contribution is 2.65. The average Bonchev–Trinajstić information content (AvgIpc) is 3.22. The van der Waals surface area contributed by atoms with E-state index in [9.17, 15) is 4.79 Å². The van der Waals surface area contributed by atoms with Gasteiger partial charge in [-0.25, -0.2) is 4.79 Å². The van der Waals surface area contributed by atoms with Gasteiger partial charge in [0.2, 0.25) is 0 Å². The van der Waals surface area contributed by atoms with Crippen LogP contribution < -0.4 is 4.74 Å². The molecule has 2 unspecified atom stereocenters. The summed E-state index contributed by atoms with van der Waals surface area (Å²) in [5.41, 5.74) is 4.56. The SMILES string of the molecule is CO/C=C(/C(=O)OC)[C@H]1C[C@H]2c3[nH]c4cccc(OC)c4c3CCN2CC12CC2C. The average molecular weight is 411 g/mol. The summed E-state index contributed by atoms with van der Waals surface area (Å²) >= 11 is 0. The number of benzene rings is 1. The largest absolute Gasteiger partial charge is 0.504 e. The van der Waals surface area contributed by atoms with E-state index in [2.05, 4.69) is 22.9 Å². The first kappa shape index (κ1) is 19.5. The van der Waals surface area contributed by atoms with Crippen LogP contribution in [0.25, 0.3) is 10.9 Å². The number of aromatic amines is 1. The molecule has 1 saturated heterocycles. The molecular formula is C24H30N2O4. The summed E-state index contributed by atoms with van der Waals surface area (Å²) in [5, 5.41) is 1.20. The van der Waals surface area contributed by atoms with Gasteiger partial charge in [-0.1, -0.05) is 13.0 Å². The van der Waals surface area contributed by atoms with Gasteiger partial charge in [-0.15, -0.1) is 0 Å². The lowest BCUT2D eigenvalue weighted by molar-refractivity contribution is -0.137. The van der Waals surface area contributed by atoms with Crippen molar-refractivity contribution in [2.75, 3.05) is 34.4 Å². The molecule has 3 aliphatic rings. The Bertz CT molecular complexity index is 1030. The molecule has 4 atom stereocenters. The van der Waals surface area contributed by atoms with Crippen molar-refractivity contribution >= 4 is 16.9 Å².